The molecular formula is C16H19ClN2S. The molecule has 2 aromatic rings. The molecule has 1 fully saturated rings. The van der Waals surface area contributed by atoms with Crippen LogP contribution in [-0.2, 0) is 12.4 Å². The number of benzene rings is 1. The molecule has 0 amide bonds. The third kappa shape index (κ3) is 3.22. The van der Waals surface area contributed by atoms with E-state index in [1.807, 2.05) is 5.38 Å². The summed E-state index contributed by atoms with van der Waals surface area (Å²) in [7, 11) is 0. The van der Waals surface area contributed by atoms with Crippen molar-refractivity contribution in [3.8, 4) is 10.6 Å². The number of hydrogen-bond donors (Lipinski definition) is 0. The molecule has 0 aliphatic heterocycles. The fraction of sp³-hybridized carbons (Fsp3) is 0.438. The molecule has 0 N–H and O–H groups in total. The van der Waals surface area contributed by atoms with Crippen molar-refractivity contribution in [2.24, 2.45) is 0 Å². The first-order valence-electron chi connectivity index (χ1n) is 7.14. The molecule has 0 atom stereocenters. The predicted octanol–water partition coefficient (Wildman–Crippen LogP) is 4.53. The summed E-state index contributed by atoms with van der Waals surface area (Å²) in [5.41, 5.74) is 3.54. The summed E-state index contributed by atoms with van der Waals surface area (Å²) in [5.74, 6) is 0.488. The Hall–Kier alpha value is -0.900. The van der Waals surface area contributed by atoms with Gasteiger partial charge in [0, 0.05) is 23.5 Å². The number of nitrogens with zero attached hydrogens (tertiary/aromatic N) is 2. The van der Waals surface area contributed by atoms with Gasteiger partial charge in [0.05, 0.1) is 11.6 Å². The highest BCUT2D eigenvalue weighted by Crippen LogP contribution is 2.29. The van der Waals surface area contributed by atoms with Crippen molar-refractivity contribution in [2.45, 2.75) is 38.2 Å². The van der Waals surface area contributed by atoms with Gasteiger partial charge in [-0.1, -0.05) is 25.1 Å². The Morgan fingerprint density at radius 2 is 2.25 bits per heavy atom. The monoisotopic (exact) mass is 306 g/mol. The Morgan fingerprint density at radius 1 is 1.40 bits per heavy atom. The summed E-state index contributed by atoms with van der Waals surface area (Å²) in [6.07, 6.45) is 2.72. The van der Waals surface area contributed by atoms with Gasteiger partial charge < -0.3 is 0 Å². The molecule has 0 unspecified atom stereocenters. The van der Waals surface area contributed by atoms with Gasteiger partial charge >= 0.3 is 0 Å². The van der Waals surface area contributed by atoms with Crippen LogP contribution in [-0.4, -0.2) is 22.5 Å². The van der Waals surface area contributed by atoms with Crippen LogP contribution in [0.2, 0.25) is 0 Å². The number of hydrogen-bond acceptors (Lipinski definition) is 3. The van der Waals surface area contributed by atoms with E-state index in [4.69, 9.17) is 11.6 Å². The molecule has 1 saturated carbocycles. The summed E-state index contributed by atoms with van der Waals surface area (Å²) >= 11 is 7.50. The minimum atomic E-state index is 0.488. The van der Waals surface area contributed by atoms with Crippen molar-refractivity contribution in [3.05, 3.63) is 40.9 Å². The van der Waals surface area contributed by atoms with E-state index < -0.39 is 0 Å². The maximum atomic E-state index is 5.83. The molecule has 20 heavy (non-hydrogen) atoms. The third-order valence-electron chi connectivity index (χ3n) is 3.72. The lowest BCUT2D eigenvalue weighted by molar-refractivity contribution is 0.269. The first kappa shape index (κ1) is 14.1. The Labute approximate surface area is 129 Å². The Morgan fingerprint density at radius 3 is 2.90 bits per heavy atom. The molecule has 0 saturated heterocycles. The van der Waals surface area contributed by atoms with E-state index in [2.05, 4.69) is 41.1 Å². The molecule has 1 aromatic heterocycles. The molecule has 3 rings (SSSR count). The first-order valence-corrected chi connectivity index (χ1v) is 8.55. The van der Waals surface area contributed by atoms with E-state index in [9.17, 15) is 0 Å². The van der Waals surface area contributed by atoms with Gasteiger partial charge in [-0.3, -0.25) is 4.90 Å². The predicted molar refractivity (Wildman–Crippen MR) is 86.2 cm³/mol. The van der Waals surface area contributed by atoms with Gasteiger partial charge in [0.15, 0.2) is 0 Å². The van der Waals surface area contributed by atoms with E-state index in [-0.39, 0.29) is 0 Å². The summed E-state index contributed by atoms with van der Waals surface area (Å²) < 4.78 is 0. The highest BCUT2D eigenvalue weighted by molar-refractivity contribution is 7.13. The molecule has 1 aliphatic carbocycles. The van der Waals surface area contributed by atoms with E-state index in [0.29, 0.717) is 5.88 Å². The fourth-order valence-electron chi connectivity index (χ4n) is 2.48. The zero-order valence-corrected chi connectivity index (χ0v) is 13.3. The third-order valence-corrected chi connectivity index (χ3v) is 4.93. The van der Waals surface area contributed by atoms with E-state index in [1.54, 1.807) is 11.3 Å². The second kappa shape index (κ2) is 6.25. The zero-order chi connectivity index (χ0) is 13.9. The van der Waals surface area contributed by atoms with E-state index >= 15 is 0 Å². The van der Waals surface area contributed by atoms with Gasteiger partial charge in [0.1, 0.15) is 5.01 Å². The smallest absolute Gasteiger partial charge is 0.123 e. The van der Waals surface area contributed by atoms with Crippen molar-refractivity contribution in [2.75, 3.05) is 6.54 Å². The highest BCUT2D eigenvalue weighted by atomic mass is 35.5. The summed E-state index contributed by atoms with van der Waals surface area (Å²) in [5, 5.41) is 3.11. The minimum absolute atomic E-state index is 0.488. The van der Waals surface area contributed by atoms with Crippen LogP contribution in [0.3, 0.4) is 0 Å². The van der Waals surface area contributed by atoms with Crippen molar-refractivity contribution >= 4 is 22.9 Å². The van der Waals surface area contributed by atoms with Crippen LogP contribution < -0.4 is 0 Å². The van der Waals surface area contributed by atoms with Crippen LogP contribution >= 0.6 is 22.9 Å². The number of halogens is 1. The average Bonchev–Trinajstić information content (AvgIpc) is 3.21. The fourth-order valence-corrected chi connectivity index (χ4v) is 3.52. The van der Waals surface area contributed by atoms with E-state index in [0.717, 1.165) is 29.8 Å². The second-order valence-electron chi connectivity index (χ2n) is 5.27. The van der Waals surface area contributed by atoms with Crippen LogP contribution in [0.15, 0.2) is 29.6 Å². The van der Waals surface area contributed by atoms with Gasteiger partial charge in [0.2, 0.25) is 0 Å². The molecule has 1 aromatic carbocycles. The largest absolute Gasteiger partial charge is 0.296 e. The van der Waals surface area contributed by atoms with Crippen molar-refractivity contribution < 1.29 is 0 Å². The lowest BCUT2D eigenvalue weighted by atomic mass is 10.1. The van der Waals surface area contributed by atoms with Crippen molar-refractivity contribution in [3.63, 3.8) is 0 Å². The molecule has 2 nitrogen and oxygen atoms in total. The van der Waals surface area contributed by atoms with Crippen LogP contribution in [0.1, 0.15) is 31.0 Å². The van der Waals surface area contributed by atoms with Crippen LogP contribution in [0.4, 0.5) is 0 Å². The van der Waals surface area contributed by atoms with Crippen molar-refractivity contribution in [1.82, 2.24) is 9.88 Å². The molecule has 1 heterocycles. The van der Waals surface area contributed by atoms with Crippen LogP contribution in [0.5, 0.6) is 0 Å². The SMILES string of the molecule is CCN(Cc1cccc(-c2nc(CCl)cs2)c1)C1CC1. The lowest BCUT2D eigenvalue weighted by Gasteiger charge is -2.19. The Kier molecular flexibility index (Phi) is 4.39. The maximum absolute atomic E-state index is 5.83. The van der Waals surface area contributed by atoms with E-state index in [1.165, 1.54) is 24.0 Å². The van der Waals surface area contributed by atoms with Crippen LogP contribution in [0, 0.1) is 0 Å². The topological polar surface area (TPSA) is 16.1 Å². The number of thiazole rings is 1. The highest BCUT2D eigenvalue weighted by Gasteiger charge is 2.27. The quantitative estimate of drug-likeness (QED) is 0.729. The van der Waals surface area contributed by atoms with Gasteiger partial charge in [-0.05, 0) is 31.0 Å². The van der Waals surface area contributed by atoms with Gasteiger partial charge in [-0.2, -0.15) is 0 Å². The molecular weight excluding hydrogens is 288 g/mol. The average molecular weight is 307 g/mol. The number of aromatic nitrogens is 1. The molecule has 0 bridgehead atoms. The summed E-state index contributed by atoms with van der Waals surface area (Å²) in [6.45, 7) is 4.42. The molecule has 4 heteroatoms. The lowest BCUT2D eigenvalue weighted by Crippen LogP contribution is -2.24. The minimum Gasteiger partial charge on any atom is -0.296 e. The van der Waals surface area contributed by atoms with Gasteiger partial charge in [0.25, 0.3) is 0 Å². The zero-order valence-electron chi connectivity index (χ0n) is 11.7. The molecule has 0 spiro atoms. The van der Waals surface area contributed by atoms with Crippen molar-refractivity contribution in [1.29, 1.82) is 0 Å². The second-order valence-corrected chi connectivity index (χ2v) is 6.40. The summed E-state index contributed by atoms with van der Waals surface area (Å²) in [6, 6.07) is 9.55. The standard InChI is InChI=1S/C16H19ClN2S/c1-2-19(15-6-7-15)10-12-4-3-5-13(8-12)16-18-14(9-17)11-20-16/h3-5,8,11,15H,2,6-7,9-10H2,1H3. The molecule has 106 valence electrons. The van der Waals surface area contributed by atoms with Gasteiger partial charge in [-0.15, -0.1) is 22.9 Å². The Balaban J connectivity index is 1.78. The number of alkyl halides is 1. The Bertz CT molecular complexity index is 577. The van der Waals surface area contributed by atoms with Gasteiger partial charge in [-0.25, -0.2) is 4.98 Å². The normalized spacial score (nSPS) is 14.9. The first-order chi connectivity index (χ1) is 9.80. The summed E-state index contributed by atoms with van der Waals surface area (Å²) in [4.78, 5) is 7.12. The molecule has 0 radical (unpaired) electrons. The maximum Gasteiger partial charge on any atom is 0.123 e. The molecule has 1 aliphatic rings. The number of rotatable bonds is 6. The van der Waals surface area contributed by atoms with Crippen LogP contribution in [0.25, 0.3) is 10.6 Å².